The zero-order valence-electron chi connectivity index (χ0n) is 11.1. The van der Waals surface area contributed by atoms with Gasteiger partial charge in [0.25, 0.3) is 0 Å². The van der Waals surface area contributed by atoms with Gasteiger partial charge >= 0.3 is 18.3 Å². The number of ether oxygens (including phenoxy) is 1. The molecule has 0 saturated carbocycles. The van der Waals surface area contributed by atoms with E-state index in [1.54, 1.807) is 0 Å². The monoisotopic (exact) mass is 351 g/mol. The zero-order valence-corrected chi connectivity index (χ0v) is 11.9. The Kier molecular flexibility index (Phi) is 6.70. The number of rotatable bonds is 3. The number of carbonyl (C=O) groups excluding carboxylic acids is 1. The highest BCUT2D eigenvalue weighted by molar-refractivity contribution is 5.85. The SMILES string of the molecule is COC(=O)C[C@H](N)c1cc(C(F)(F)F)ccc1C(F)(F)F.Cl. The molecule has 0 heterocycles. The molecule has 0 radical (unpaired) electrons. The van der Waals surface area contributed by atoms with Crippen molar-refractivity contribution in [1.29, 1.82) is 0 Å². The summed E-state index contributed by atoms with van der Waals surface area (Å²) in [5.41, 5.74) is 2.02. The smallest absolute Gasteiger partial charge is 0.416 e. The number of carbonyl (C=O) groups is 1. The van der Waals surface area contributed by atoms with Gasteiger partial charge in [0, 0.05) is 6.04 Å². The Hall–Kier alpha value is -1.48. The van der Waals surface area contributed by atoms with Crippen LogP contribution in [0.5, 0.6) is 0 Å². The average Bonchev–Trinajstić information content (AvgIpc) is 2.35. The molecule has 1 atom stereocenters. The summed E-state index contributed by atoms with van der Waals surface area (Å²) in [6.45, 7) is 0. The molecule has 0 aliphatic rings. The molecule has 10 heteroatoms. The Morgan fingerprint density at radius 1 is 1.18 bits per heavy atom. The maximum Gasteiger partial charge on any atom is 0.416 e. The fourth-order valence-electron chi connectivity index (χ4n) is 1.68. The van der Waals surface area contributed by atoms with Gasteiger partial charge < -0.3 is 10.5 Å². The molecule has 1 rings (SSSR count). The molecular weight excluding hydrogens is 340 g/mol. The van der Waals surface area contributed by atoms with Crippen molar-refractivity contribution < 1.29 is 35.9 Å². The van der Waals surface area contributed by atoms with Gasteiger partial charge in [-0.05, 0) is 23.8 Å². The Balaban J connectivity index is 0.00000441. The molecule has 0 aliphatic heterocycles. The van der Waals surface area contributed by atoms with E-state index in [-0.39, 0.29) is 12.4 Å². The molecule has 0 unspecified atom stereocenters. The van der Waals surface area contributed by atoms with Crippen LogP contribution < -0.4 is 5.73 Å². The first-order valence-corrected chi connectivity index (χ1v) is 5.57. The molecular formula is C12H12ClF6NO2. The van der Waals surface area contributed by atoms with Gasteiger partial charge in [-0.15, -0.1) is 12.4 Å². The number of nitrogens with two attached hydrogens (primary N) is 1. The van der Waals surface area contributed by atoms with Crippen molar-refractivity contribution in [3.63, 3.8) is 0 Å². The largest absolute Gasteiger partial charge is 0.469 e. The van der Waals surface area contributed by atoms with E-state index in [0.29, 0.717) is 18.2 Å². The maximum atomic E-state index is 12.8. The van der Waals surface area contributed by atoms with Gasteiger partial charge in [-0.2, -0.15) is 26.3 Å². The minimum absolute atomic E-state index is 0. The standard InChI is InChI=1S/C12H11F6NO2.ClH/c1-21-10(20)5-9(19)7-4-6(11(13,14)15)2-3-8(7)12(16,17)18;/h2-4,9H,5,19H2,1H3;1H/t9-;/m0./s1. The second-order valence-corrected chi connectivity index (χ2v) is 4.18. The Morgan fingerprint density at radius 2 is 1.73 bits per heavy atom. The van der Waals surface area contributed by atoms with Gasteiger partial charge in [0.15, 0.2) is 0 Å². The molecule has 0 bridgehead atoms. The van der Waals surface area contributed by atoms with Crippen molar-refractivity contribution in [3.8, 4) is 0 Å². The van der Waals surface area contributed by atoms with Crippen LogP contribution in [0.4, 0.5) is 26.3 Å². The Bertz CT molecular complexity index is 529. The Morgan fingerprint density at radius 3 is 2.14 bits per heavy atom. The van der Waals surface area contributed by atoms with Crippen molar-refractivity contribution in [2.45, 2.75) is 24.8 Å². The predicted molar refractivity (Wildman–Crippen MR) is 67.3 cm³/mol. The third kappa shape index (κ3) is 5.06. The lowest BCUT2D eigenvalue weighted by molar-refractivity contribution is -0.143. The number of hydrogen-bond acceptors (Lipinski definition) is 3. The van der Waals surface area contributed by atoms with E-state index < -0.39 is 47.5 Å². The lowest BCUT2D eigenvalue weighted by Gasteiger charge is -2.19. The molecule has 0 saturated heterocycles. The van der Waals surface area contributed by atoms with Gasteiger partial charge in [-0.25, -0.2) is 0 Å². The third-order valence-electron chi connectivity index (χ3n) is 2.70. The van der Waals surface area contributed by atoms with Gasteiger partial charge in [-0.1, -0.05) is 0 Å². The summed E-state index contributed by atoms with van der Waals surface area (Å²) in [6, 6.07) is -0.639. The third-order valence-corrected chi connectivity index (χ3v) is 2.70. The van der Waals surface area contributed by atoms with Gasteiger partial charge in [0.2, 0.25) is 0 Å². The summed E-state index contributed by atoms with van der Waals surface area (Å²) < 4.78 is 80.4. The van der Waals surface area contributed by atoms with Gasteiger partial charge in [0.05, 0.1) is 24.7 Å². The van der Waals surface area contributed by atoms with Crippen molar-refractivity contribution >= 4 is 18.4 Å². The van der Waals surface area contributed by atoms with Crippen LogP contribution in [0.15, 0.2) is 18.2 Å². The number of halogens is 7. The highest BCUT2D eigenvalue weighted by Crippen LogP contribution is 2.38. The first-order valence-electron chi connectivity index (χ1n) is 5.57. The van der Waals surface area contributed by atoms with E-state index in [0.717, 1.165) is 7.11 Å². The zero-order chi connectivity index (χ0) is 16.4. The molecule has 0 fully saturated rings. The quantitative estimate of drug-likeness (QED) is 0.667. The van der Waals surface area contributed by atoms with Crippen molar-refractivity contribution in [2.75, 3.05) is 7.11 Å². The van der Waals surface area contributed by atoms with Crippen molar-refractivity contribution in [1.82, 2.24) is 0 Å². The molecule has 22 heavy (non-hydrogen) atoms. The number of hydrogen-bond donors (Lipinski definition) is 1. The molecule has 1 aromatic rings. The van der Waals surface area contributed by atoms with E-state index in [4.69, 9.17) is 5.73 Å². The van der Waals surface area contributed by atoms with Crippen LogP contribution >= 0.6 is 12.4 Å². The van der Waals surface area contributed by atoms with Gasteiger partial charge in [-0.3, -0.25) is 4.79 Å². The molecule has 0 aromatic heterocycles. The van der Waals surface area contributed by atoms with E-state index in [1.807, 2.05) is 0 Å². The molecule has 0 aliphatic carbocycles. The van der Waals surface area contributed by atoms with Crippen LogP contribution in [0.3, 0.4) is 0 Å². The van der Waals surface area contributed by atoms with Crippen LogP contribution in [0.2, 0.25) is 0 Å². The lowest BCUT2D eigenvalue weighted by Crippen LogP contribution is -2.22. The summed E-state index contributed by atoms with van der Waals surface area (Å²) >= 11 is 0. The van der Waals surface area contributed by atoms with Crippen LogP contribution in [0.25, 0.3) is 0 Å². The molecule has 3 nitrogen and oxygen atoms in total. The Labute approximate surface area is 127 Å². The second kappa shape index (κ2) is 7.19. The van der Waals surface area contributed by atoms with Crippen LogP contribution in [0.1, 0.15) is 29.2 Å². The minimum atomic E-state index is -4.88. The minimum Gasteiger partial charge on any atom is -0.469 e. The van der Waals surface area contributed by atoms with Crippen LogP contribution in [0, 0.1) is 0 Å². The molecule has 2 N–H and O–H groups in total. The summed E-state index contributed by atoms with van der Waals surface area (Å²) in [5, 5.41) is 0. The summed E-state index contributed by atoms with van der Waals surface area (Å²) in [6.07, 6.45) is -10.4. The summed E-state index contributed by atoms with van der Waals surface area (Å²) in [5.74, 6) is -0.923. The predicted octanol–water partition coefficient (Wildman–Crippen LogP) is 3.71. The fourth-order valence-corrected chi connectivity index (χ4v) is 1.68. The highest BCUT2D eigenvalue weighted by atomic mass is 35.5. The van der Waals surface area contributed by atoms with E-state index >= 15 is 0 Å². The maximum absolute atomic E-state index is 12.8. The van der Waals surface area contributed by atoms with E-state index in [1.165, 1.54) is 0 Å². The number of methoxy groups -OCH3 is 1. The van der Waals surface area contributed by atoms with Crippen molar-refractivity contribution in [3.05, 3.63) is 34.9 Å². The number of benzene rings is 1. The van der Waals surface area contributed by atoms with Crippen molar-refractivity contribution in [2.24, 2.45) is 5.73 Å². The number of esters is 1. The molecule has 1 aromatic carbocycles. The molecule has 0 spiro atoms. The first-order chi connectivity index (χ1) is 9.46. The average molecular weight is 352 g/mol. The summed E-state index contributed by atoms with van der Waals surface area (Å²) in [7, 11) is 0.992. The second-order valence-electron chi connectivity index (χ2n) is 4.18. The van der Waals surface area contributed by atoms with E-state index in [9.17, 15) is 31.1 Å². The van der Waals surface area contributed by atoms with Crippen LogP contribution in [-0.4, -0.2) is 13.1 Å². The normalized spacial score (nSPS) is 13.3. The molecule has 126 valence electrons. The highest BCUT2D eigenvalue weighted by Gasteiger charge is 2.38. The summed E-state index contributed by atoms with van der Waals surface area (Å²) in [4.78, 5) is 11.0. The lowest BCUT2D eigenvalue weighted by atomic mass is 9.95. The van der Waals surface area contributed by atoms with Crippen LogP contribution in [-0.2, 0) is 21.9 Å². The molecule has 0 amide bonds. The number of alkyl halides is 6. The topological polar surface area (TPSA) is 52.3 Å². The van der Waals surface area contributed by atoms with E-state index in [2.05, 4.69) is 4.74 Å². The van der Waals surface area contributed by atoms with Gasteiger partial charge in [0.1, 0.15) is 0 Å². The fraction of sp³-hybridized carbons (Fsp3) is 0.417. The first kappa shape index (κ1) is 20.5.